The molecule has 0 N–H and O–H groups in total. The molecule has 0 aliphatic heterocycles. The van der Waals surface area contributed by atoms with Crippen molar-refractivity contribution in [1.82, 2.24) is 4.98 Å². The van der Waals surface area contributed by atoms with Crippen molar-refractivity contribution in [3.8, 4) is 0 Å². The number of aryl methyl sites for hydroxylation is 1. The highest BCUT2D eigenvalue weighted by atomic mass is 32.1. The lowest BCUT2D eigenvalue weighted by molar-refractivity contribution is 0.0605. The van der Waals surface area contributed by atoms with Gasteiger partial charge in [-0.15, -0.1) is 0 Å². The van der Waals surface area contributed by atoms with Gasteiger partial charge < -0.3 is 9.64 Å². The molecule has 0 atom stereocenters. The Balaban J connectivity index is 2.15. The summed E-state index contributed by atoms with van der Waals surface area (Å²) in [5.74, 6) is 0.543. The van der Waals surface area contributed by atoms with E-state index in [2.05, 4.69) is 16.8 Å². The second-order valence-corrected chi connectivity index (χ2v) is 5.77. The molecule has 1 fully saturated rings. The summed E-state index contributed by atoms with van der Waals surface area (Å²) in [6.07, 6.45) is 3.75. The van der Waals surface area contributed by atoms with E-state index in [1.54, 1.807) is 0 Å². The molecule has 0 spiro atoms. The summed E-state index contributed by atoms with van der Waals surface area (Å²) >= 11 is 1.45. The van der Waals surface area contributed by atoms with Crippen molar-refractivity contribution < 1.29 is 9.53 Å². The molecule has 1 aromatic heterocycles. The maximum atomic E-state index is 11.6. The number of nitrogens with zero attached hydrogens (tertiary/aromatic N) is 2. The van der Waals surface area contributed by atoms with Crippen LogP contribution in [0.1, 0.15) is 41.6 Å². The Hall–Kier alpha value is -1.10. The maximum Gasteiger partial charge on any atom is 0.350 e. The number of hydrogen-bond acceptors (Lipinski definition) is 5. The van der Waals surface area contributed by atoms with Crippen molar-refractivity contribution in [1.29, 1.82) is 0 Å². The molecule has 0 radical (unpaired) electrons. The monoisotopic (exact) mass is 268 g/mol. The van der Waals surface area contributed by atoms with Gasteiger partial charge in [0.15, 0.2) is 5.13 Å². The molecule has 2 rings (SSSR count). The zero-order valence-electron chi connectivity index (χ0n) is 11.2. The molecule has 4 nitrogen and oxygen atoms in total. The van der Waals surface area contributed by atoms with E-state index in [0.717, 1.165) is 36.3 Å². The van der Waals surface area contributed by atoms with Crippen molar-refractivity contribution >= 4 is 22.4 Å². The van der Waals surface area contributed by atoms with Crippen LogP contribution in [-0.2, 0) is 4.74 Å². The van der Waals surface area contributed by atoms with Crippen LogP contribution in [0.3, 0.4) is 0 Å². The molecular formula is C13H20N2O2S. The Morgan fingerprint density at radius 3 is 2.83 bits per heavy atom. The molecule has 1 saturated carbocycles. The van der Waals surface area contributed by atoms with E-state index >= 15 is 0 Å². The van der Waals surface area contributed by atoms with Gasteiger partial charge >= 0.3 is 5.97 Å². The fraction of sp³-hybridized carbons (Fsp3) is 0.692. The zero-order chi connectivity index (χ0) is 13.1. The van der Waals surface area contributed by atoms with Gasteiger partial charge in [0.1, 0.15) is 4.88 Å². The summed E-state index contributed by atoms with van der Waals surface area (Å²) < 4.78 is 4.78. The number of aromatic nitrogens is 1. The van der Waals surface area contributed by atoms with Gasteiger partial charge in [0, 0.05) is 13.1 Å². The first-order valence-corrected chi connectivity index (χ1v) is 7.28. The molecule has 0 bridgehead atoms. The van der Waals surface area contributed by atoms with Gasteiger partial charge in [0.2, 0.25) is 0 Å². The lowest BCUT2D eigenvalue weighted by Crippen LogP contribution is -2.26. The average Bonchev–Trinajstić information content (AvgIpc) is 3.09. The van der Waals surface area contributed by atoms with Gasteiger partial charge in [-0.25, -0.2) is 9.78 Å². The molecule has 18 heavy (non-hydrogen) atoms. The first-order chi connectivity index (χ1) is 8.65. The Labute approximate surface area is 112 Å². The number of carbonyl (C=O) groups excluding carboxylic acids is 1. The zero-order valence-corrected chi connectivity index (χ0v) is 12.0. The van der Waals surface area contributed by atoms with Crippen LogP contribution in [0, 0.1) is 12.8 Å². The molecule has 1 aliphatic rings. The normalized spacial score (nSPS) is 14.6. The molecular weight excluding hydrogens is 248 g/mol. The van der Waals surface area contributed by atoms with Crippen LogP contribution in [0.25, 0.3) is 0 Å². The first-order valence-electron chi connectivity index (χ1n) is 6.46. The summed E-state index contributed by atoms with van der Waals surface area (Å²) in [6.45, 7) is 6.11. The SMILES string of the molecule is CCCN(CC1CC1)c1nc(C)c(C(=O)OC)s1. The number of carbonyl (C=O) groups is 1. The van der Waals surface area contributed by atoms with Crippen LogP contribution in [0.15, 0.2) is 0 Å². The number of ether oxygens (including phenoxy) is 1. The van der Waals surface area contributed by atoms with Gasteiger partial charge in [-0.2, -0.15) is 0 Å². The Bertz CT molecular complexity index is 427. The minimum absolute atomic E-state index is 0.279. The predicted octanol–water partition coefficient (Wildman–Crippen LogP) is 2.86. The van der Waals surface area contributed by atoms with Crippen LogP contribution >= 0.6 is 11.3 Å². The third kappa shape index (κ3) is 3.02. The van der Waals surface area contributed by atoms with Crippen molar-refractivity contribution in [2.45, 2.75) is 33.1 Å². The number of rotatable bonds is 6. The van der Waals surface area contributed by atoms with E-state index in [1.807, 2.05) is 6.92 Å². The second-order valence-electron chi connectivity index (χ2n) is 4.79. The number of thiazole rings is 1. The van der Waals surface area contributed by atoms with E-state index in [-0.39, 0.29) is 5.97 Å². The lowest BCUT2D eigenvalue weighted by atomic mass is 10.3. The molecule has 5 heteroatoms. The average molecular weight is 268 g/mol. The summed E-state index contributed by atoms with van der Waals surface area (Å²) in [5.41, 5.74) is 0.777. The fourth-order valence-electron chi connectivity index (χ4n) is 1.95. The topological polar surface area (TPSA) is 42.4 Å². The molecule has 1 heterocycles. The summed E-state index contributed by atoms with van der Waals surface area (Å²) in [7, 11) is 1.41. The van der Waals surface area contributed by atoms with E-state index in [1.165, 1.54) is 31.3 Å². The van der Waals surface area contributed by atoms with E-state index in [9.17, 15) is 4.79 Å². The third-order valence-electron chi connectivity index (χ3n) is 3.10. The van der Waals surface area contributed by atoms with Crippen molar-refractivity contribution in [2.24, 2.45) is 5.92 Å². The van der Waals surface area contributed by atoms with Crippen LogP contribution in [0.2, 0.25) is 0 Å². The molecule has 0 saturated heterocycles. The minimum atomic E-state index is -0.279. The van der Waals surface area contributed by atoms with E-state index in [4.69, 9.17) is 4.74 Å². The van der Waals surface area contributed by atoms with Crippen molar-refractivity contribution in [2.75, 3.05) is 25.1 Å². The maximum absolute atomic E-state index is 11.6. The summed E-state index contributed by atoms with van der Waals surface area (Å²) in [6, 6.07) is 0. The molecule has 1 aromatic rings. The fourth-order valence-corrected chi connectivity index (χ4v) is 2.97. The van der Waals surface area contributed by atoms with Crippen LogP contribution in [0.5, 0.6) is 0 Å². The molecule has 1 aliphatic carbocycles. The largest absolute Gasteiger partial charge is 0.465 e. The Morgan fingerprint density at radius 1 is 1.56 bits per heavy atom. The van der Waals surface area contributed by atoms with Gasteiger partial charge in [0.05, 0.1) is 12.8 Å². The van der Waals surface area contributed by atoms with Crippen molar-refractivity contribution in [3.05, 3.63) is 10.6 Å². The lowest BCUT2D eigenvalue weighted by Gasteiger charge is -2.20. The molecule has 0 amide bonds. The second kappa shape index (κ2) is 5.69. The Kier molecular flexibility index (Phi) is 4.22. The highest BCUT2D eigenvalue weighted by molar-refractivity contribution is 7.17. The highest BCUT2D eigenvalue weighted by Crippen LogP contribution is 2.33. The minimum Gasteiger partial charge on any atom is -0.465 e. The first kappa shape index (κ1) is 13.3. The standard InChI is InChI=1S/C13H20N2O2S/c1-4-7-15(8-10-5-6-10)13-14-9(2)11(18-13)12(16)17-3/h10H,4-8H2,1-3H3. The number of esters is 1. The van der Waals surface area contributed by atoms with Crippen molar-refractivity contribution in [3.63, 3.8) is 0 Å². The van der Waals surface area contributed by atoms with Gasteiger partial charge in [-0.3, -0.25) is 0 Å². The van der Waals surface area contributed by atoms with E-state index in [0.29, 0.717) is 4.88 Å². The molecule has 100 valence electrons. The highest BCUT2D eigenvalue weighted by Gasteiger charge is 2.26. The van der Waals surface area contributed by atoms with Gasteiger partial charge in [-0.1, -0.05) is 18.3 Å². The summed E-state index contributed by atoms with van der Waals surface area (Å²) in [4.78, 5) is 19.1. The predicted molar refractivity (Wildman–Crippen MR) is 73.4 cm³/mol. The van der Waals surface area contributed by atoms with Gasteiger partial charge in [-0.05, 0) is 32.1 Å². The van der Waals surface area contributed by atoms with E-state index < -0.39 is 0 Å². The van der Waals surface area contributed by atoms with Crippen LogP contribution < -0.4 is 4.90 Å². The number of anilines is 1. The van der Waals surface area contributed by atoms with Crippen LogP contribution in [-0.4, -0.2) is 31.2 Å². The smallest absolute Gasteiger partial charge is 0.350 e. The molecule has 0 aromatic carbocycles. The Morgan fingerprint density at radius 2 is 2.28 bits per heavy atom. The number of methoxy groups -OCH3 is 1. The van der Waals surface area contributed by atoms with Crippen LogP contribution in [0.4, 0.5) is 5.13 Å². The third-order valence-corrected chi connectivity index (χ3v) is 4.29. The molecule has 0 unspecified atom stereocenters. The quantitative estimate of drug-likeness (QED) is 0.744. The summed E-state index contributed by atoms with van der Waals surface area (Å²) in [5, 5.41) is 0.960. The van der Waals surface area contributed by atoms with Gasteiger partial charge in [0.25, 0.3) is 0 Å². The number of hydrogen-bond donors (Lipinski definition) is 0.